The van der Waals surface area contributed by atoms with Crippen LogP contribution in [0.2, 0.25) is 0 Å². The van der Waals surface area contributed by atoms with Gasteiger partial charge in [-0.05, 0) is 62.4 Å². The summed E-state index contributed by atoms with van der Waals surface area (Å²) >= 11 is 0. The molecule has 22 heavy (non-hydrogen) atoms. The van der Waals surface area contributed by atoms with E-state index in [-0.39, 0.29) is 5.54 Å². The van der Waals surface area contributed by atoms with Crippen LogP contribution in [0, 0.1) is 11.3 Å². The third-order valence-corrected chi connectivity index (χ3v) is 6.59. The van der Waals surface area contributed by atoms with Crippen molar-refractivity contribution in [1.82, 2.24) is 5.32 Å². The number of nitrogens with one attached hydrogen (secondary N) is 1. The summed E-state index contributed by atoms with van der Waals surface area (Å²) in [6.45, 7) is 15.7. The molecule has 0 radical (unpaired) electrons. The second kappa shape index (κ2) is 6.77. The molecular weight excluding hydrogens is 266 g/mol. The second-order valence-electron chi connectivity index (χ2n) is 8.14. The zero-order chi connectivity index (χ0) is 16.4. The van der Waals surface area contributed by atoms with Crippen molar-refractivity contribution >= 4 is 0 Å². The molecule has 1 N–H and O–H groups in total. The van der Waals surface area contributed by atoms with Gasteiger partial charge in [-0.1, -0.05) is 52.3 Å². The molecule has 2 aliphatic rings. The lowest BCUT2D eigenvalue weighted by molar-refractivity contribution is 0.164. The fourth-order valence-corrected chi connectivity index (χ4v) is 4.29. The lowest BCUT2D eigenvalue weighted by atomic mass is 9.63. The van der Waals surface area contributed by atoms with E-state index in [0.29, 0.717) is 11.5 Å². The summed E-state index contributed by atoms with van der Waals surface area (Å²) in [7, 11) is 0. The minimum atomic E-state index is 0.231. The highest BCUT2D eigenvalue weighted by atomic mass is 15.1. The normalized spacial score (nSPS) is 35.5. The van der Waals surface area contributed by atoms with Crippen molar-refractivity contribution in [3.8, 4) is 0 Å². The molecule has 0 aromatic heterocycles. The number of allylic oxidation sites excluding steroid dienone is 1. The van der Waals surface area contributed by atoms with Gasteiger partial charge in [-0.2, -0.15) is 0 Å². The van der Waals surface area contributed by atoms with Crippen molar-refractivity contribution in [1.29, 1.82) is 0 Å². The molecule has 2 unspecified atom stereocenters. The molecule has 1 aliphatic carbocycles. The Labute approximate surface area is 138 Å². The molecular formula is C21H35N. The molecule has 2 rings (SSSR count). The molecule has 0 aromatic carbocycles. The maximum absolute atomic E-state index is 3.96. The summed E-state index contributed by atoms with van der Waals surface area (Å²) in [4.78, 5) is 0. The van der Waals surface area contributed by atoms with Crippen molar-refractivity contribution in [2.24, 2.45) is 11.3 Å². The molecule has 0 spiro atoms. The van der Waals surface area contributed by atoms with Gasteiger partial charge >= 0.3 is 0 Å². The molecule has 1 heteroatoms. The molecule has 0 bridgehead atoms. The predicted octanol–water partition coefficient (Wildman–Crippen LogP) is 5.78. The van der Waals surface area contributed by atoms with Gasteiger partial charge in [0.25, 0.3) is 0 Å². The van der Waals surface area contributed by atoms with Crippen LogP contribution in [0.5, 0.6) is 0 Å². The third kappa shape index (κ3) is 3.26. The first-order valence-electron chi connectivity index (χ1n) is 9.22. The Morgan fingerprint density at radius 3 is 2.77 bits per heavy atom. The second-order valence-corrected chi connectivity index (χ2v) is 8.14. The van der Waals surface area contributed by atoms with Crippen LogP contribution in [0.3, 0.4) is 0 Å². The largest absolute Gasteiger partial charge is 0.304 e. The van der Waals surface area contributed by atoms with Crippen molar-refractivity contribution in [3.63, 3.8) is 0 Å². The number of fused-ring (bicyclic) bond motifs is 1. The zero-order valence-electron chi connectivity index (χ0n) is 15.4. The van der Waals surface area contributed by atoms with Crippen LogP contribution in [0.15, 0.2) is 29.5 Å². The molecule has 1 heterocycles. The maximum atomic E-state index is 3.96. The Kier molecular flexibility index (Phi) is 5.41. The topological polar surface area (TPSA) is 12.0 Å². The molecule has 0 amide bonds. The van der Waals surface area contributed by atoms with E-state index in [1.54, 1.807) is 5.57 Å². The number of hydrogen-bond donors (Lipinski definition) is 1. The summed E-state index contributed by atoms with van der Waals surface area (Å²) in [6.07, 6.45) is 11.2. The van der Waals surface area contributed by atoms with E-state index in [1.807, 2.05) is 0 Å². The van der Waals surface area contributed by atoms with Gasteiger partial charge in [0.2, 0.25) is 0 Å². The van der Waals surface area contributed by atoms with Gasteiger partial charge in [0.1, 0.15) is 0 Å². The van der Waals surface area contributed by atoms with Crippen LogP contribution in [0.4, 0.5) is 0 Å². The van der Waals surface area contributed by atoms with E-state index < -0.39 is 0 Å². The Balaban J connectivity index is 2.09. The summed E-state index contributed by atoms with van der Waals surface area (Å²) in [6, 6.07) is 0.472. The van der Waals surface area contributed by atoms with Gasteiger partial charge in [-0.15, -0.1) is 5.73 Å². The predicted molar refractivity (Wildman–Crippen MR) is 97.0 cm³/mol. The average molecular weight is 302 g/mol. The standard InChI is InChI=1S/C21H35N/c1-7-16(4)10-11-17-12-13-20(5)15-19(18(8-2)9-3)22-21(20,6)14-17/h12,16,19,22H,2,7,9-11,13-15H2,1,3-6H3/t16?,19?,20-,21-/m1/s1. The van der Waals surface area contributed by atoms with E-state index in [2.05, 4.69) is 58.3 Å². The highest BCUT2D eigenvalue weighted by Crippen LogP contribution is 2.52. The van der Waals surface area contributed by atoms with Gasteiger partial charge in [-0.3, -0.25) is 0 Å². The summed E-state index contributed by atoms with van der Waals surface area (Å²) < 4.78 is 0. The fraction of sp³-hybridized carbons (Fsp3) is 0.762. The molecule has 4 atom stereocenters. The Morgan fingerprint density at radius 2 is 2.18 bits per heavy atom. The molecule has 0 aromatic rings. The lowest BCUT2D eigenvalue weighted by Gasteiger charge is -2.44. The van der Waals surface area contributed by atoms with Crippen LogP contribution < -0.4 is 5.32 Å². The molecule has 1 aliphatic heterocycles. The van der Waals surface area contributed by atoms with Gasteiger partial charge < -0.3 is 5.32 Å². The van der Waals surface area contributed by atoms with Gasteiger partial charge in [0.05, 0.1) is 0 Å². The van der Waals surface area contributed by atoms with E-state index in [0.717, 1.165) is 12.3 Å². The monoisotopic (exact) mass is 301 g/mol. The first-order valence-corrected chi connectivity index (χ1v) is 9.22. The third-order valence-electron chi connectivity index (χ3n) is 6.59. The summed E-state index contributed by atoms with van der Waals surface area (Å²) in [5.74, 6) is 0.849. The van der Waals surface area contributed by atoms with Gasteiger partial charge in [-0.25, -0.2) is 0 Å². The van der Waals surface area contributed by atoms with Crippen LogP contribution in [-0.4, -0.2) is 11.6 Å². The molecule has 0 saturated carbocycles. The smallest absolute Gasteiger partial charge is 0.0365 e. The van der Waals surface area contributed by atoms with Crippen molar-refractivity contribution in [3.05, 3.63) is 29.5 Å². The minimum absolute atomic E-state index is 0.231. The van der Waals surface area contributed by atoms with E-state index >= 15 is 0 Å². The quantitative estimate of drug-likeness (QED) is 0.484. The Morgan fingerprint density at radius 1 is 1.45 bits per heavy atom. The van der Waals surface area contributed by atoms with Gasteiger partial charge in [0.15, 0.2) is 0 Å². The fourth-order valence-electron chi connectivity index (χ4n) is 4.29. The zero-order valence-corrected chi connectivity index (χ0v) is 15.4. The van der Waals surface area contributed by atoms with E-state index in [4.69, 9.17) is 0 Å². The molecule has 1 fully saturated rings. The van der Waals surface area contributed by atoms with Crippen LogP contribution in [0.1, 0.15) is 79.6 Å². The highest BCUT2D eigenvalue weighted by molar-refractivity contribution is 5.27. The van der Waals surface area contributed by atoms with Gasteiger partial charge in [0, 0.05) is 11.6 Å². The first-order chi connectivity index (χ1) is 10.4. The highest BCUT2D eigenvalue weighted by Gasteiger charge is 2.53. The van der Waals surface area contributed by atoms with Crippen molar-refractivity contribution in [2.45, 2.75) is 91.1 Å². The molecule has 1 saturated heterocycles. The van der Waals surface area contributed by atoms with E-state index in [1.165, 1.54) is 44.1 Å². The first kappa shape index (κ1) is 17.6. The van der Waals surface area contributed by atoms with Crippen LogP contribution >= 0.6 is 0 Å². The number of rotatable bonds is 6. The van der Waals surface area contributed by atoms with Crippen molar-refractivity contribution in [2.75, 3.05) is 0 Å². The molecule has 1 nitrogen and oxygen atoms in total. The summed E-state index contributed by atoms with van der Waals surface area (Å²) in [5, 5.41) is 3.96. The summed E-state index contributed by atoms with van der Waals surface area (Å²) in [5.41, 5.74) is 6.82. The lowest BCUT2D eigenvalue weighted by Crippen LogP contribution is -2.50. The SMILES string of the molecule is C=C=C(CC)C1C[C@@]2(C)CC=C(CCC(C)CC)C[C@@]2(C)N1. The Hall–Kier alpha value is -0.780. The van der Waals surface area contributed by atoms with Crippen LogP contribution in [-0.2, 0) is 0 Å². The minimum Gasteiger partial charge on any atom is -0.304 e. The van der Waals surface area contributed by atoms with E-state index in [9.17, 15) is 0 Å². The Bertz CT molecular complexity index is 482. The maximum Gasteiger partial charge on any atom is 0.0365 e. The number of hydrogen-bond acceptors (Lipinski definition) is 1. The molecule has 124 valence electrons. The van der Waals surface area contributed by atoms with Crippen LogP contribution in [0.25, 0.3) is 0 Å². The van der Waals surface area contributed by atoms with Crippen molar-refractivity contribution < 1.29 is 0 Å². The average Bonchev–Trinajstić information content (AvgIpc) is 2.76.